The van der Waals surface area contributed by atoms with Gasteiger partial charge in [-0.1, -0.05) is 35.2 Å². The maximum absolute atomic E-state index is 12.6. The van der Waals surface area contributed by atoms with Crippen molar-refractivity contribution in [2.75, 3.05) is 53.5 Å². The molecule has 2 aliphatic rings. The van der Waals surface area contributed by atoms with Crippen molar-refractivity contribution in [3.05, 3.63) is 22.2 Å². The first-order valence-electron chi connectivity index (χ1n) is 10.8. The maximum Gasteiger partial charge on any atom is 0.255 e. The second kappa shape index (κ2) is 12.7. The molecule has 30 heavy (non-hydrogen) atoms. The summed E-state index contributed by atoms with van der Waals surface area (Å²) in [6.45, 7) is 6.33. The normalized spacial score (nSPS) is 18.5. The summed E-state index contributed by atoms with van der Waals surface area (Å²) in [5.74, 6) is 0.874. The van der Waals surface area contributed by atoms with Crippen LogP contribution in [-0.4, -0.2) is 75.2 Å². The van der Waals surface area contributed by atoms with Crippen molar-refractivity contribution in [2.24, 2.45) is 0 Å². The van der Waals surface area contributed by atoms with Gasteiger partial charge in [-0.2, -0.15) is 0 Å². The van der Waals surface area contributed by atoms with E-state index >= 15 is 0 Å². The van der Waals surface area contributed by atoms with Gasteiger partial charge in [0.25, 0.3) is 5.91 Å². The number of nitrogens with one attached hydrogen (secondary N) is 1. The number of hydrogen-bond donors (Lipinski definition) is 1. The van der Waals surface area contributed by atoms with E-state index in [9.17, 15) is 4.79 Å². The molecular weight excluding hydrogens is 470 g/mol. The number of carbonyl (C=O) groups is 1. The lowest BCUT2D eigenvalue weighted by Crippen LogP contribution is -2.51. The Bertz CT molecular complexity index is 678. The Morgan fingerprint density at radius 3 is 2.43 bits per heavy atom. The van der Waals surface area contributed by atoms with Gasteiger partial charge in [0.05, 0.1) is 19.8 Å². The van der Waals surface area contributed by atoms with Crippen LogP contribution in [0.15, 0.2) is 16.6 Å². The predicted molar refractivity (Wildman–Crippen MR) is 126 cm³/mol. The van der Waals surface area contributed by atoms with Crippen LogP contribution in [0.2, 0.25) is 0 Å². The molecule has 1 saturated carbocycles. The molecule has 3 rings (SSSR count). The Hall–Kier alpha value is -1.02. The summed E-state index contributed by atoms with van der Waals surface area (Å²) in [5, 5.41) is 3.02. The Labute approximate surface area is 195 Å². The summed E-state index contributed by atoms with van der Waals surface area (Å²) in [6, 6.07) is 4.38. The lowest BCUT2D eigenvalue weighted by Gasteiger charge is -2.40. The van der Waals surface area contributed by atoms with E-state index in [0.717, 1.165) is 36.6 Å². The molecular formula is C22H35BrClN3O3. The van der Waals surface area contributed by atoms with E-state index in [1.54, 1.807) is 26.4 Å². The van der Waals surface area contributed by atoms with Crippen LogP contribution in [0.3, 0.4) is 0 Å². The molecule has 1 N–H and O–H groups in total. The third-order valence-corrected chi connectivity index (χ3v) is 6.58. The van der Waals surface area contributed by atoms with Crippen LogP contribution in [-0.2, 0) is 0 Å². The first-order valence-corrected chi connectivity index (χ1v) is 11.6. The van der Waals surface area contributed by atoms with Crippen molar-refractivity contribution in [3.63, 3.8) is 0 Å². The minimum Gasteiger partial charge on any atom is -0.493 e. The van der Waals surface area contributed by atoms with Gasteiger partial charge >= 0.3 is 0 Å². The van der Waals surface area contributed by atoms with E-state index in [2.05, 4.69) is 31.0 Å². The number of nitrogens with zero attached hydrogens (tertiary/aromatic N) is 2. The first-order chi connectivity index (χ1) is 14.1. The third kappa shape index (κ3) is 6.74. The largest absolute Gasteiger partial charge is 0.493 e. The molecule has 1 aromatic rings. The number of hydrogen-bond acceptors (Lipinski definition) is 5. The zero-order chi connectivity index (χ0) is 20.6. The molecule has 0 unspecified atom stereocenters. The minimum absolute atomic E-state index is 0. The highest BCUT2D eigenvalue weighted by molar-refractivity contribution is 9.10. The highest BCUT2D eigenvalue weighted by Crippen LogP contribution is 2.34. The molecule has 2 fully saturated rings. The van der Waals surface area contributed by atoms with Gasteiger partial charge < -0.3 is 19.7 Å². The van der Waals surface area contributed by atoms with Crippen LogP contribution in [0.1, 0.15) is 48.9 Å². The standard InChI is InChI=1S/C22H34BrN3O3.ClH/c1-28-20-16-17(23)15-19(21(20)29-2)22(27)24-9-6-10-25-11-13-26(14-12-25)18-7-4-3-5-8-18;/h15-16,18H,3-14H2,1-2H3,(H,24,27);1H. The fraction of sp³-hybridized carbons (Fsp3) is 0.682. The molecule has 170 valence electrons. The molecule has 0 aromatic heterocycles. The van der Waals surface area contributed by atoms with Gasteiger partial charge in [0.15, 0.2) is 11.5 Å². The van der Waals surface area contributed by atoms with Crippen LogP contribution >= 0.6 is 28.3 Å². The molecule has 0 atom stereocenters. The van der Waals surface area contributed by atoms with Crippen molar-refractivity contribution in [2.45, 2.75) is 44.6 Å². The first kappa shape index (κ1) is 25.2. The number of halogens is 2. The Kier molecular flexibility index (Phi) is 10.7. The van der Waals surface area contributed by atoms with E-state index in [0.29, 0.717) is 23.6 Å². The topological polar surface area (TPSA) is 54.0 Å². The number of piperazine rings is 1. The zero-order valence-corrected chi connectivity index (χ0v) is 20.5. The van der Waals surface area contributed by atoms with Crippen molar-refractivity contribution < 1.29 is 14.3 Å². The van der Waals surface area contributed by atoms with E-state index in [-0.39, 0.29) is 18.3 Å². The van der Waals surface area contributed by atoms with Crippen molar-refractivity contribution in [1.29, 1.82) is 0 Å². The molecule has 1 aromatic carbocycles. The molecule has 1 aliphatic carbocycles. The molecule has 1 aliphatic heterocycles. The number of methoxy groups -OCH3 is 2. The molecule has 6 nitrogen and oxygen atoms in total. The number of amides is 1. The van der Waals surface area contributed by atoms with Crippen LogP contribution in [0.4, 0.5) is 0 Å². The van der Waals surface area contributed by atoms with Crippen molar-refractivity contribution in [1.82, 2.24) is 15.1 Å². The van der Waals surface area contributed by atoms with Gasteiger partial charge in [-0.15, -0.1) is 12.4 Å². The average Bonchev–Trinajstić information content (AvgIpc) is 2.77. The fourth-order valence-corrected chi connectivity index (χ4v) is 4.93. The van der Waals surface area contributed by atoms with E-state index in [4.69, 9.17) is 9.47 Å². The lowest BCUT2D eigenvalue weighted by atomic mass is 9.94. The smallest absolute Gasteiger partial charge is 0.255 e. The second-order valence-electron chi connectivity index (χ2n) is 7.97. The van der Waals surface area contributed by atoms with E-state index in [1.807, 2.05) is 0 Å². The number of ether oxygens (including phenoxy) is 2. The fourth-order valence-electron chi connectivity index (χ4n) is 4.50. The molecule has 1 heterocycles. The van der Waals surface area contributed by atoms with Crippen LogP contribution in [0.25, 0.3) is 0 Å². The average molecular weight is 505 g/mol. The Balaban J connectivity index is 0.00000320. The molecule has 0 bridgehead atoms. The number of carbonyl (C=O) groups excluding carboxylic acids is 1. The quantitative estimate of drug-likeness (QED) is 0.543. The highest BCUT2D eigenvalue weighted by atomic mass is 79.9. The van der Waals surface area contributed by atoms with Gasteiger partial charge in [-0.25, -0.2) is 0 Å². The summed E-state index contributed by atoms with van der Waals surface area (Å²) >= 11 is 3.43. The van der Waals surface area contributed by atoms with Crippen molar-refractivity contribution >= 4 is 34.2 Å². The molecule has 1 amide bonds. The predicted octanol–water partition coefficient (Wildman–Crippen LogP) is 3.96. The van der Waals surface area contributed by atoms with Crippen LogP contribution in [0, 0.1) is 0 Å². The minimum atomic E-state index is -0.136. The second-order valence-corrected chi connectivity index (χ2v) is 8.88. The number of rotatable bonds is 8. The van der Waals surface area contributed by atoms with Crippen LogP contribution < -0.4 is 14.8 Å². The molecule has 1 saturated heterocycles. The Morgan fingerprint density at radius 2 is 1.80 bits per heavy atom. The molecule has 0 spiro atoms. The SMILES string of the molecule is COc1cc(Br)cc(C(=O)NCCCN2CCN(C3CCCCC3)CC2)c1OC.Cl. The maximum atomic E-state index is 12.6. The summed E-state index contributed by atoms with van der Waals surface area (Å²) in [4.78, 5) is 17.8. The van der Waals surface area contributed by atoms with Gasteiger partial charge in [-0.3, -0.25) is 9.69 Å². The van der Waals surface area contributed by atoms with E-state index < -0.39 is 0 Å². The van der Waals surface area contributed by atoms with Crippen LogP contribution in [0.5, 0.6) is 11.5 Å². The summed E-state index contributed by atoms with van der Waals surface area (Å²) < 4.78 is 11.5. The third-order valence-electron chi connectivity index (χ3n) is 6.12. The van der Waals surface area contributed by atoms with Gasteiger partial charge in [-0.05, 0) is 37.9 Å². The number of benzene rings is 1. The summed E-state index contributed by atoms with van der Waals surface area (Å²) in [6.07, 6.45) is 7.94. The highest BCUT2D eigenvalue weighted by Gasteiger charge is 2.25. The zero-order valence-electron chi connectivity index (χ0n) is 18.1. The summed E-state index contributed by atoms with van der Waals surface area (Å²) in [7, 11) is 3.12. The Morgan fingerprint density at radius 1 is 1.10 bits per heavy atom. The monoisotopic (exact) mass is 503 g/mol. The van der Waals surface area contributed by atoms with Gasteiger partial charge in [0, 0.05) is 43.2 Å². The van der Waals surface area contributed by atoms with Gasteiger partial charge in [0.1, 0.15) is 0 Å². The molecule has 8 heteroatoms. The molecule has 0 radical (unpaired) electrons. The summed E-state index contributed by atoms with van der Waals surface area (Å²) in [5.41, 5.74) is 0.486. The van der Waals surface area contributed by atoms with Gasteiger partial charge in [0.2, 0.25) is 0 Å². The lowest BCUT2D eigenvalue weighted by molar-refractivity contribution is 0.0779. The van der Waals surface area contributed by atoms with Crippen molar-refractivity contribution in [3.8, 4) is 11.5 Å². The van der Waals surface area contributed by atoms with E-state index in [1.165, 1.54) is 45.2 Å².